The third kappa shape index (κ3) is 3.13. The van der Waals surface area contributed by atoms with Gasteiger partial charge >= 0.3 is 0 Å². The van der Waals surface area contributed by atoms with E-state index in [1.165, 1.54) is 12.1 Å². The molecule has 5 heteroatoms. The van der Waals surface area contributed by atoms with Gasteiger partial charge in [0.25, 0.3) is 0 Å². The molecule has 112 valence electrons. The molecule has 1 N–H and O–H groups in total. The Bertz CT molecular complexity index is 479. The van der Waals surface area contributed by atoms with Crippen LogP contribution in [0.1, 0.15) is 32.4 Å². The van der Waals surface area contributed by atoms with Crippen molar-refractivity contribution < 1.29 is 8.78 Å². The third-order valence-electron chi connectivity index (χ3n) is 3.69. The maximum Gasteiger partial charge on any atom is 0.149 e. The molecule has 0 amide bonds. The second-order valence-corrected chi connectivity index (χ2v) is 6.72. The molecule has 1 aliphatic heterocycles. The molecule has 2 nitrogen and oxygen atoms in total. The van der Waals surface area contributed by atoms with Crippen LogP contribution in [0.25, 0.3) is 0 Å². The van der Waals surface area contributed by atoms with Gasteiger partial charge in [-0.15, -0.1) is 0 Å². The SMILES string of the molecule is CC(C)(C)[C@@H](c1c(F)ccc(Cl)c1F)N1CCNCC1. The molecule has 0 radical (unpaired) electrons. The van der Waals surface area contributed by atoms with Crippen LogP contribution >= 0.6 is 11.6 Å². The summed E-state index contributed by atoms with van der Waals surface area (Å²) in [6.45, 7) is 9.20. The lowest BCUT2D eigenvalue weighted by molar-refractivity contribution is 0.0804. The van der Waals surface area contributed by atoms with Gasteiger partial charge in [-0.3, -0.25) is 4.90 Å². The molecular formula is C15H21ClF2N2. The van der Waals surface area contributed by atoms with Crippen LogP contribution < -0.4 is 5.32 Å². The second-order valence-electron chi connectivity index (χ2n) is 6.31. The predicted molar refractivity (Wildman–Crippen MR) is 78.0 cm³/mol. The Morgan fingerprint density at radius 3 is 2.35 bits per heavy atom. The molecule has 1 aromatic rings. The minimum Gasteiger partial charge on any atom is -0.314 e. The summed E-state index contributed by atoms with van der Waals surface area (Å²) in [4.78, 5) is 2.13. The molecule has 0 aliphatic carbocycles. The van der Waals surface area contributed by atoms with Crippen molar-refractivity contribution in [3.8, 4) is 0 Å². The summed E-state index contributed by atoms with van der Waals surface area (Å²) in [5, 5.41) is 3.24. The smallest absolute Gasteiger partial charge is 0.149 e. The Balaban J connectivity index is 2.49. The number of hydrogen-bond donors (Lipinski definition) is 1. The Labute approximate surface area is 124 Å². The van der Waals surface area contributed by atoms with E-state index in [2.05, 4.69) is 10.2 Å². The summed E-state index contributed by atoms with van der Waals surface area (Å²) in [7, 11) is 0. The van der Waals surface area contributed by atoms with Gasteiger partial charge in [-0.25, -0.2) is 8.78 Å². The van der Waals surface area contributed by atoms with Crippen LogP contribution in [0.5, 0.6) is 0 Å². The molecule has 2 rings (SSSR count). The van der Waals surface area contributed by atoms with Crippen molar-refractivity contribution in [1.29, 1.82) is 0 Å². The highest BCUT2D eigenvalue weighted by Crippen LogP contribution is 2.41. The van der Waals surface area contributed by atoms with Crippen LogP contribution in [-0.4, -0.2) is 31.1 Å². The first-order valence-electron chi connectivity index (χ1n) is 6.90. The zero-order valence-corrected chi connectivity index (χ0v) is 12.9. The maximum atomic E-state index is 14.4. The van der Waals surface area contributed by atoms with Gasteiger partial charge in [0.15, 0.2) is 0 Å². The Morgan fingerprint density at radius 1 is 1.20 bits per heavy atom. The number of benzene rings is 1. The average Bonchev–Trinajstić information content (AvgIpc) is 2.39. The van der Waals surface area contributed by atoms with Gasteiger partial charge in [0, 0.05) is 37.8 Å². The molecule has 0 aromatic heterocycles. The van der Waals surface area contributed by atoms with Crippen molar-refractivity contribution in [3.05, 3.63) is 34.4 Å². The number of hydrogen-bond acceptors (Lipinski definition) is 2. The van der Waals surface area contributed by atoms with Gasteiger partial charge < -0.3 is 5.32 Å². The van der Waals surface area contributed by atoms with Crippen molar-refractivity contribution in [2.24, 2.45) is 5.41 Å². The fourth-order valence-corrected chi connectivity index (χ4v) is 3.06. The monoisotopic (exact) mass is 302 g/mol. The number of nitrogens with zero attached hydrogens (tertiary/aromatic N) is 1. The quantitative estimate of drug-likeness (QED) is 0.840. The van der Waals surface area contributed by atoms with E-state index in [1.54, 1.807) is 0 Å². The van der Waals surface area contributed by atoms with Crippen LogP contribution in [0.15, 0.2) is 12.1 Å². The third-order valence-corrected chi connectivity index (χ3v) is 3.98. The highest BCUT2D eigenvalue weighted by Gasteiger charge is 2.36. The number of nitrogens with one attached hydrogen (secondary N) is 1. The summed E-state index contributed by atoms with van der Waals surface area (Å²) >= 11 is 5.85. The van der Waals surface area contributed by atoms with Gasteiger partial charge in [-0.05, 0) is 17.5 Å². The van der Waals surface area contributed by atoms with Crippen LogP contribution in [0, 0.1) is 17.0 Å². The topological polar surface area (TPSA) is 15.3 Å². The Kier molecular flexibility index (Phi) is 4.67. The fourth-order valence-electron chi connectivity index (χ4n) is 2.90. The summed E-state index contributed by atoms with van der Waals surface area (Å²) in [6.07, 6.45) is 0. The molecule has 1 aromatic carbocycles. The zero-order valence-electron chi connectivity index (χ0n) is 12.1. The zero-order chi connectivity index (χ0) is 14.9. The molecule has 0 saturated carbocycles. The van der Waals surface area contributed by atoms with E-state index in [9.17, 15) is 8.78 Å². The molecule has 1 heterocycles. The highest BCUT2D eigenvalue weighted by atomic mass is 35.5. The maximum absolute atomic E-state index is 14.4. The van der Waals surface area contributed by atoms with E-state index in [1.807, 2.05) is 20.8 Å². The van der Waals surface area contributed by atoms with Crippen LogP contribution in [0.2, 0.25) is 5.02 Å². The molecular weight excluding hydrogens is 282 g/mol. The molecule has 0 unspecified atom stereocenters. The average molecular weight is 303 g/mol. The van der Waals surface area contributed by atoms with Crippen LogP contribution in [0.3, 0.4) is 0 Å². The van der Waals surface area contributed by atoms with Gasteiger partial charge in [0.05, 0.1) is 5.02 Å². The molecule has 0 bridgehead atoms. The van der Waals surface area contributed by atoms with Crippen molar-refractivity contribution in [1.82, 2.24) is 10.2 Å². The van der Waals surface area contributed by atoms with E-state index < -0.39 is 11.6 Å². The molecule has 1 fully saturated rings. The minimum absolute atomic E-state index is 0.0224. The molecule has 1 saturated heterocycles. The first-order chi connectivity index (χ1) is 9.32. The normalized spacial score (nSPS) is 19.1. The first-order valence-corrected chi connectivity index (χ1v) is 7.28. The van der Waals surface area contributed by atoms with E-state index in [0.717, 1.165) is 26.2 Å². The molecule has 1 atom stereocenters. The lowest BCUT2D eigenvalue weighted by Gasteiger charge is -2.42. The van der Waals surface area contributed by atoms with E-state index in [4.69, 9.17) is 11.6 Å². The summed E-state index contributed by atoms with van der Waals surface area (Å²) in [5.74, 6) is -1.16. The van der Waals surface area contributed by atoms with Crippen LogP contribution in [0.4, 0.5) is 8.78 Å². The standard InChI is InChI=1S/C15H21ClF2N2/c1-15(2,3)14(20-8-6-19-7-9-20)12-11(17)5-4-10(16)13(12)18/h4-5,14,19H,6-9H2,1-3H3/t14-/m1/s1. The lowest BCUT2D eigenvalue weighted by atomic mass is 9.80. The van der Waals surface area contributed by atoms with Gasteiger partial charge in [0.1, 0.15) is 11.6 Å². The number of halogens is 3. The summed E-state index contributed by atoms with van der Waals surface area (Å²) in [5.41, 5.74) is -0.198. The highest BCUT2D eigenvalue weighted by molar-refractivity contribution is 6.30. The van der Waals surface area contributed by atoms with Gasteiger partial charge in [-0.1, -0.05) is 32.4 Å². The van der Waals surface area contributed by atoms with Crippen molar-refractivity contribution in [2.75, 3.05) is 26.2 Å². The first kappa shape index (κ1) is 15.7. The number of rotatable bonds is 2. The van der Waals surface area contributed by atoms with Crippen molar-refractivity contribution in [3.63, 3.8) is 0 Å². The Morgan fingerprint density at radius 2 is 1.80 bits per heavy atom. The van der Waals surface area contributed by atoms with Gasteiger partial charge in [-0.2, -0.15) is 0 Å². The van der Waals surface area contributed by atoms with E-state index in [0.29, 0.717) is 0 Å². The minimum atomic E-state index is -0.634. The largest absolute Gasteiger partial charge is 0.314 e. The van der Waals surface area contributed by atoms with E-state index >= 15 is 0 Å². The number of piperazine rings is 1. The molecule has 1 aliphatic rings. The van der Waals surface area contributed by atoms with Crippen molar-refractivity contribution >= 4 is 11.6 Å². The van der Waals surface area contributed by atoms with Crippen LogP contribution in [-0.2, 0) is 0 Å². The predicted octanol–water partition coefficient (Wildman–Crippen LogP) is 3.61. The van der Waals surface area contributed by atoms with Crippen molar-refractivity contribution in [2.45, 2.75) is 26.8 Å². The molecule has 20 heavy (non-hydrogen) atoms. The Hall–Kier alpha value is -0.710. The lowest BCUT2D eigenvalue weighted by Crippen LogP contribution is -2.48. The fraction of sp³-hybridized carbons (Fsp3) is 0.600. The van der Waals surface area contributed by atoms with E-state index in [-0.39, 0.29) is 22.0 Å². The van der Waals surface area contributed by atoms with Gasteiger partial charge in [0.2, 0.25) is 0 Å². The molecule has 0 spiro atoms. The summed E-state index contributed by atoms with van der Waals surface area (Å²) < 4.78 is 28.6. The summed E-state index contributed by atoms with van der Waals surface area (Å²) in [6, 6.07) is 2.19. The second kappa shape index (κ2) is 5.96.